The third kappa shape index (κ3) is 3.55. The SMILES string of the molecule is O=[N+]([O-])c1ccc2c(c1)COC(NC1CCCCCCC1)=N2. The Hall–Kier alpha value is -2.11. The maximum Gasteiger partial charge on any atom is 0.290 e. The van der Waals surface area contributed by atoms with E-state index in [4.69, 9.17) is 4.74 Å². The molecular weight excluding hydrogens is 282 g/mol. The number of hydrogen-bond acceptors (Lipinski definition) is 5. The Bertz CT molecular complexity index is 578. The van der Waals surface area contributed by atoms with E-state index in [1.54, 1.807) is 6.07 Å². The van der Waals surface area contributed by atoms with Crippen LogP contribution in [0.4, 0.5) is 11.4 Å². The van der Waals surface area contributed by atoms with Crippen LogP contribution in [0.3, 0.4) is 0 Å². The molecule has 118 valence electrons. The summed E-state index contributed by atoms with van der Waals surface area (Å²) in [5.74, 6) is 0. The number of ether oxygens (including phenoxy) is 1. The molecule has 1 aromatic carbocycles. The monoisotopic (exact) mass is 303 g/mol. The van der Waals surface area contributed by atoms with Gasteiger partial charge in [0.05, 0.1) is 10.6 Å². The molecule has 2 aliphatic rings. The van der Waals surface area contributed by atoms with Gasteiger partial charge < -0.3 is 10.1 Å². The van der Waals surface area contributed by atoms with Gasteiger partial charge in [-0.15, -0.1) is 0 Å². The van der Waals surface area contributed by atoms with Gasteiger partial charge in [0.2, 0.25) is 0 Å². The average molecular weight is 303 g/mol. The first-order valence-corrected chi connectivity index (χ1v) is 7.98. The molecule has 0 spiro atoms. The maximum absolute atomic E-state index is 10.8. The number of rotatable bonds is 2. The smallest absolute Gasteiger partial charge is 0.290 e. The zero-order chi connectivity index (χ0) is 15.4. The molecule has 6 heteroatoms. The predicted molar refractivity (Wildman–Crippen MR) is 84.2 cm³/mol. The highest BCUT2D eigenvalue weighted by Crippen LogP contribution is 2.28. The molecule has 0 atom stereocenters. The molecule has 1 aliphatic carbocycles. The molecule has 0 bridgehead atoms. The second-order valence-corrected chi connectivity index (χ2v) is 5.96. The summed E-state index contributed by atoms with van der Waals surface area (Å²) in [5.41, 5.74) is 1.59. The molecule has 1 aliphatic heterocycles. The number of nitro benzene ring substituents is 1. The minimum atomic E-state index is -0.397. The lowest BCUT2D eigenvalue weighted by atomic mass is 9.97. The summed E-state index contributed by atoms with van der Waals surface area (Å²) in [6.45, 7) is 0.329. The summed E-state index contributed by atoms with van der Waals surface area (Å²) in [7, 11) is 0. The van der Waals surface area contributed by atoms with Crippen LogP contribution in [0.15, 0.2) is 23.2 Å². The first-order chi connectivity index (χ1) is 10.7. The van der Waals surface area contributed by atoms with Crippen molar-refractivity contribution in [3.63, 3.8) is 0 Å². The number of aliphatic imine (C=N–C) groups is 1. The van der Waals surface area contributed by atoms with E-state index >= 15 is 0 Å². The van der Waals surface area contributed by atoms with Crippen molar-refractivity contribution < 1.29 is 9.66 Å². The van der Waals surface area contributed by atoms with E-state index in [0.717, 1.165) is 24.1 Å². The van der Waals surface area contributed by atoms with E-state index in [9.17, 15) is 10.1 Å². The van der Waals surface area contributed by atoms with Gasteiger partial charge in [-0.25, -0.2) is 0 Å². The van der Waals surface area contributed by atoms with Gasteiger partial charge in [0.15, 0.2) is 0 Å². The lowest BCUT2D eigenvalue weighted by molar-refractivity contribution is -0.384. The molecule has 0 radical (unpaired) electrons. The molecule has 0 unspecified atom stereocenters. The van der Waals surface area contributed by atoms with Gasteiger partial charge in [-0.3, -0.25) is 10.1 Å². The van der Waals surface area contributed by atoms with Crippen LogP contribution in [0.25, 0.3) is 0 Å². The molecule has 22 heavy (non-hydrogen) atoms. The predicted octanol–water partition coefficient (Wildman–Crippen LogP) is 3.82. The van der Waals surface area contributed by atoms with Crippen molar-refractivity contribution >= 4 is 17.4 Å². The number of nitrogens with zero attached hydrogens (tertiary/aromatic N) is 2. The van der Waals surface area contributed by atoms with Crippen molar-refractivity contribution in [2.45, 2.75) is 57.6 Å². The van der Waals surface area contributed by atoms with E-state index in [1.165, 1.54) is 44.2 Å². The fourth-order valence-electron chi connectivity index (χ4n) is 3.05. The Morgan fingerprint density at radius 1 is 1.18 bits per heavy atom. The van der Waals surface area contributed by atoms with Crippen LogP contribution in [0, 0.1) is 10.1 Å². The van der Waals surface area contributed by atoms with E-state index < -0.39 is 4.92 Å². The average Bonchev–Trinajstić information content (AvgIpc) is 2.49. The first-order valence-electron chi connectivity index (χ1n) is 7.98. The highest BCUT2D eigenvalue weighted by Gasteiger charge is 2.19. The van der Waals surface area contributed by atoms with E-state index in [2.05, 4.69) is 10.3 Å². The molecule has 1 aromatic rings. The van der Waals surface area contributed by atoms with Crippen molar-refractivity contribution in [1.29, 1.82) is 0 Å². The van der Waals surface area contributed by atoms with Crippen molar-refractivity contribution in [3.05, 3.63) is 33.9 Å². The highest BCUT2D eigenvalue weighted by molar-refractivity contribution is 5.80. The van der Waals surface area contributed by atoms with Crippen molar-refractivity contribution in [1.82, 2.24) is 5.32 Å². The Labute approximate surface area is 129 Å². The van der Waals surface area contributed by atoms with Gasteiger partial charge in [0.25, 0.3) is 11.7 Å². The van der Waals surface area contributed by atoms with E-state index in [0.29, 0.717) is 18.7 Å². The summed E-state index contributed by atoms with van der Waals surface area (Å²) < 4.78 is 5.63. The summed E-state index contributed by atoms with van der Waals surface area (Å²) in [5, 5.41) is 14.2. The Morgan fingerprint density at radius 3 is 2.64 bits per heavy atom. The van der Waals surface area contributed by atoms with Crippen LogP contribution in [0.5, 0.6) is 0 Å². The molecular formula is C16H21N3O3. The number of nitro groups is 1. The molecule has 6 nitrogen and oxygen atoms in total. The van der Waals surface area contributed by atoms with Crippen LogP contribution < -0.4 is 5.32 Å². The molecule has 1 N–H and O–H groups in total. The Morgan fingerprint density at radius 2 is 1.91 bits per heavy atom. The van der Waals surface area contributed by atoms with Crippen LogP contribution in [-0.2, 0) is 11.3 Å². The topological polar surface area (TPSA) is 76.8 Å². The number of hydrogen-bond donors (Lipinski definition) is 1. The molecule has 1 fully saturated rings. The number of amidine groups is 1. The lowest BCUT2D eigenvalue weighted by Gasteiger charge is -2.24. The van der Waals surface area contributed by atoms with Gasteiger partial charge in [-0.1, -0.05) is 32.1 Å². The van der Waals surface area contributed by atoms with Gasteiger partial charge in [0, 0.05) is 23.7 Å². The molecule has 3 rings (SSSR count). The summed E-state index contributed by atoms with van der Waals surface area (Å²) in [6, 6.07) is 5.67. The van der Waals surface area contributed by atoms with E-state index in [-0.39, 0.29) is 5.69 Å². The van der Waals surface area contributed by atoms with Crippen LogP contribution in [-0.4, -0.2) is 17.0 Å². The van der Waals surface area contributed by atoms with Crippen molar-refractivity contribution in [2.75, 3.05) is 0 Å². The normalized spacial score (nSPS) is 19.2. The zero-order valence-electron chi connectivity index (χ0n) is 12.6. The van der Waals surface area contributed by atoms with Crippen LogP contribution in [0.2, 0.25) is 0 Å². The molecule has 0 amide bonds. The minimum Gasteiger partial charge on any atom is -0.460 e. The summed E-state index contributed by atoms with van der Waals surface area (Å²) in [6.07, 6.45) is 8.73. The number of fused-ring (bicyclic) bond motifs is 1. The standard InChI is InChI=1S/C16H21N3O3/c20-19(21)14-8-9-15-12(10-14)11-22-16(18-15)17-13-6-4-2-1-3-5-7-13/h8-10,13H,1-7,11H2,(H,17,18). The van der Waals surface area contributed by atoms with Gasteiger partial charge in [-0.2, -0.15) is 4.99 Å². The largest absolute Gasteiger partial charge is 0.460 e. The molecule has 0 saturated heterocycles. The van der Waals surface area contributed by atoms with E-state index in [1.807, 2.05) is 0 Å². The quantitative estimate of drug-likeness (QED) is 0.665. The molecule has 0 aromatic heterocycles. The Balaban J connectivity index is 1.69. The van der Waals surface area contributed by atoms with Crippen LogP contribution >= 0.6 is 0 Å². The fourth-order valence-corrected chi connectivity index (χ4v) is 3.05. The first kappa shape index (κ1) is 14.8. The second-order valence-electron chi connectivity index (χ2n) is 5.96. The van der Waals surface area contributed by atoms with Crippen LogP contribution in [0.1, 0.15) is 50.5 Å². The minimum absolute atomic E-state index is 0.0778. The number of nitrogens with one attached hydrogen (secondary N) is 1. The number of benzene rings is 1. The summed E-state index contributed by atoms with van der Waals surface area (Å²) >= 11 is 0. The third-order valence-electron chi connectivity index (χ3n) is 4.29. The molecule has 1 saturated carbocycles. The number of non-ortho nitro benzene ring substituents is 1. The highest BCUT2D eigenvalue weighted by atomic mass is 16.6. The zero-order valence-corrected chi connectivity index (χ0v) is 12.6. The van der Waals surface area contributed by atoms with Crippen molar-refractivity contribution in [3.8, 4) is 0 Å². The summed E-state index contributed by atoms with van der Waals surface area (Å²) in [4.78, 5) is 14.8. The van der Waals surface area contributed by atoms with Gasteiger partial charge >= 0.3 is 0 Å². The third-order valence-corrected chi connectivity index (χ3v) is 4.29. The van der Waals surface area contributed by atoms with Gasteiger partial charge in [0.1, 0.15) is 6.61 Å². The maximum atomic E-state index is 10.8. The molecule has 1 heterocycles. The van der Waals surface area contributed by atoms with Crippen molar-refractivity contribution in [2.24, 2.45) is 4.99 Å². The fraction of sp³-hybridized carbons (Fsp3) is 0.562. The lowest BCUT2D eigenvalue weighted by Crippen LogP contribution is -2.37. The second kappa shape index (κ2) is 6.77. The Kier molecular flexibility index (Phi) is 4.56. The van der Waals surface area contributed by atoms with Gasteiger partial charge in [-0.05, 0) is 18.9 Å².